The highest BCUT2D eigenvalue weighted by Gasteiger charge is 2.30. The Morgan fingerprint density at radius 2 is 2.00 bits per heavy atom. The summed E-state index contributed by atoms with van der Waals surface area (Å²) in [5.41, 5.74) is 0.972. The molecule has 30 heavy (non-hydrogen) atoms. The van der Waals surface area contributed by atoms with E-state index in [1.54, 1.807) is 6.20 Å². The van der Waals surface area contributed by atoms with Crippen molar-refractivity contribution in [2.75, 3.05) is 25.0 Å². The van der Waals surface area contributed by atoms with E-state index in [1.807, 2.05) is 17.5 Å². The highest BCUT2D eigenvalue weighted by molar-refractivity contribution is 7.13. The normalized spacial score (nSPS) is 17.1. The first kappa shape index (κ1) is 20.7. The molecule has 1 fully saturated rings. The number of anilines is 1. The van der Waals surface area contributed by atoms with Crippen molar-refractivity contribution in [2.45, 2.75) is 31.6 Å². The lowest BCUT2D eigenvalue weighted by Crippen LogP contribution is -2.39. The second-order valence-corrected chi connectivity index (χ2v) is 8.35. The molecule has 3 aromatic rings. The molecule has 3 heterocycles. The van der Waals surface area contributed by atoms with Crippen molar-refractivity contribution in [3.8, 4) is 10.6 Å². The molecule has 1 aromatic carbocycles. The molecule has 1 unspecified atom stereocenters. The smallest absolute Gasteiger partial charge is 0.351 e. The fourth-order valence-corrected chi connectivity index (χ4v) is 4.61. The van der Waals surface area contributed by atoms with Gasteiger partial charge < -0.3 is 4.90 Å². The SMILES string of the molecule is CN(Cc1csc(-c2ccc(C(F)(F)F)cc2)n1)CC1CCCN1c1cccnn1. The van der Waals surface area contributed by atoms with Gasteiger partial charge in [0.2, 0.25) is 0 Å². The summed E-state index contributed by atoms with van der Waals surface area (Å²) in [6, 6.07) is 9.42. The predicted molar refractivity (Wildman–Crippen MR) is 111 cm³/mol. The molecule has 1 aliphatic rings. The van der Waals surface area contributed by atoms with E-state index in [-0.39, 0.29) is 0 Å². The number of thiazole rings is 1. The van der Waals surface area contributed by atoms with Crippen LogP contribution in [0.1, 0.15) is 24.1 Å². The molecule has 0 radical (unpaired) electrons. The molecule has 1 atom stereocenters. The third kappa shape index (κ3) is 4.79. The molecule has 0 amide bonds. The Balaban J connectivity index is 1.38. The summed E-state index contributed by atoms with van der Waals surface area (Å²) < 4.78 is 38.2. The number of benzene rings is 1. The Kier molecular flexibility index (Phi) is 6.01. The van der Waals surface area contributed by atoms with Gasteiger partial charge in [0.25, 0.3) is 0 Å². The van der Waals surface area contributed by atoms with Gasteiger partial charge in [0, 0.05) is 42.8 Å². The van der Waals surface area contributed by atoms with E-state index in [0.29, 0.717) is 18.2 Å². The van der Waals surface area contributed by atoms with Gasteiger partial charge in [-0.25, -0.2) is 4.98 Å². The predicted octanol–water partition coefficient (Wildman–Crippen LogP) is 4.72. The molecule has 0 spiro atoms. The van der Waals surface area contributed by atoms with Gasteiger partial charge in [-0.3, -0.25) is 4.90 Å². The lowest BCUT2D eigenvalue weighted by molar-refractivity contribution is -0.137. The van der Waals surface area contributed by atoms with Gasteiger partial charge in [0.1, 0.15) is 5.01 Å². The van der Waals surface area contributed by atoms with E-state index >= 15 is 0 Å². The maximum atomic E-state index is 12.7. The summed E-state index contributed by atoms with van der Waals surface area (Å²) in [5.74, 6) is 0.909. The second-order valence-electron chi connectivity index (χ2n) is 7.49. The Morgan fingerprint density at radius 1 is 1.20 bits per heavy atom. The molecule has 9 heteroatoms. The minimum atomic E-state index is -4.32. The Bertz CT molecular complexity index is 959. The van der Waals surface area contributed by atoms with Gasteiger partial charge in [0.15, 0.2) is 5.82 Å². The summed E-state index contributed by atoms with van der Waals surface area (Å²) in [7, 11) is 2.06. The van der Waals surface area contributed by atoms with E-state index in [0.717, 1.165) is 54.6 Å². The molecule has 2 aromatic heterocycles. The van der Waals surface area contributed by atoms with Gasteiger partial charge >= 0.3 is 6.18 Å². The molecular formula is C21H22F3N5S. The summed E-state index contributed by atoms with van der Waals surface area (Å²) in [6.45, 7) is 2.54. The van der Waals surface area contributed by atoms with Crippen molar-refractivity contribution in [1.29, 1.82) is 0 Å². The lowest BCUT2D eigenvalue weighted by Gasteiger charge is -2.28. The minimum absolute atomic E-state index is 0.375. The van der Waals surface area contributed by atoms with Crippen LogP contribution in [-0.4, -0.2) is 46.3 Å². The quantitative estimate of drug-likeness (QED) is 0.563. The van der Waals surface area contributed by atoms with Gasteiger partial charge in [0.05, 0.1) is 11.3 Å². The molecule has 1 saturated heterocycles. The lowest BCUT2D eigenvalue weighted by atomic mass is 10.1. The van der Waals surface area contributed by atoms with Crippen LogP contribution < -0.4 is 4.90 Å². The molecular weight excluding hydrogens is 411 g/mol. The molecule has 0 saturated carbocycles. The number of hydrogen-bond donors (Lipinski definition) is 0. The van der Waals surface area contributed by atoms with Crippen LogP contribution in [0, 0.1) is 0 Å². The Hall–Kier alpha value is -2.52. The van der Waals surface area contributed by atoms with Crippen molar-refractivity contribution in [3.05, 3.63) is 59.2 Å². The number of likely N-dealkylation sites (N-methyl/N-ethyl adjacent to an activating group) is 1. The zero-order valence-corrected chi connectivity index (χ0v) is 17.3. The summed E-state index contributed by atoms with van der Waals surface area (Å²) in [4.78, 5) is 9.15. The monoisotopic (exact) mass is 433 g/mol. The fraction of sp³-hybridized carbons (Fsp3) is 0.381. The zero-order valence-electron chi connectivity index (χ0n) is 16.5. The Morgan fingerprint density at radius 3 is 2.70 bits per heavy atom. The van der Waals surface area contributed by atoms with Crippen LogP contribution in [0.3, 0.4) is 0 Å². The van der Waals surface area contributed by atoms with Crippen molar-refractivity contribution < 1.29 is 13.2 Å². The first-order valence-corrected chi connectivity index (χ1v) is 10.6. The van der Waals surface area contributed by atoms with Crippen molar-refractivity contribution in [1.82, 2.24) is 20.1 Å². The van der Waals surface area contributed by atoms with Crippen LogP contribution in [0.2, 0.25) is 0 Å². The number of alkyl halides is 3. The Labute approximate surface area is 177 Å². The molecule has 0 bridgehead atoms. The second kappa shape index (κ2) is 8.69. The molecule has 0 aliphatic carbocycles. The highest BCUT2D eigenvalue weighted by Crippen LogP contribution is 2.32. The maximum Gasteiger partial charge on any atom is 0.416 e. The molecule has 0 N–H and O–H groups in total. The standard InChI is InChI=1S/C21H22F3N5S/c1-28(13-18-4-3-11-29(18)19-5-2-10-25-27-19)12-17-14-30-20(26-17)15-6-8-16(9-7-15)21(22,23)24/h2,5-10,14,18H,3-4,11-13H2,1H3. The van der Waals surface area contributed by atoms with Crippen LogP contribution in [0.5, 0.6) is 0 Å². The topological polar surface area (TPSA) is 45.2 Å². The third-order valence-electron chi connectivity index (χ3n) is 5.19. The van der Waals surface area contributed by atoms with E-state index in [9.17, 15) is 13.2 Å². The molecule has 4 rings (SSSR count). The molecule has 5 nitrogen and oxygen atoms in total. The van der Waals surface area contributed by atoms with Crippen LogP contribution in [0.25, 0.3) is 10.6 Å². The summed E-state index contributed by atoms with van der Waals surface area (Å²) >= 11 is 1.45. The summed E-state index contributed by atoms with van der Waals surface area (Å²) in [6.07, 6.45) is -0.412. The van der Waals surface area contributed by atoms with E-state index in [1.165, 1.54) is 23.5 Å². The van der Waals surface area contributed by atoms with E-state index in [2.05, 4.69) is 32.0 Å². The first-order valence-electron chi connectivity index (χ1n) is 9.75. The first-order chi connectivity index (χ1) is 14.4. The number of aromatic nitrogens is 3. The van der Waals surface area contributed by atoms with Crippen molar-refractivity contribution in [3.63, 3.8) is 0 Å². The minimum Gasteiger partial charge on any atom is -0.351 e. The van der Waals surface area contributed by atoms with Crippen LogP contribution >= 0.6 is 11.3 Å². The molecule has 1 aliphatic heterocycles. The van der Waals surface area contributed by atoms with Crippen molar-refractivity contribution >= 4 is 17.2 Å². The van der Waals surface area contributed by atoms with Gasteiger partial charge in [-0.2, -0.15) is 18.3 Å². The van der Waals surface area contributed by atoms with Crippen molar-refractivity contribution in [2.24, 2.45) is 0 Å². The molecule has 158 valence electrons. The average Bonchev–Trinajstić information content (AvgIpc) is 3.38. The van der Waals surface area contributed by atoms with Crippen LogP contribution in [-0.2, 0) is 12.7 Å². The summed E-state index contributed by atoms with van der Waals surface area (Å²) in [5, 5.41) is 10.9. The van der Waals surface area contributed by atoms with Gasteiger partial charge in [-0.05, 0) is 44.2 Å². The number of nitrogens with zero attached hydrogens (tertiary/aromatic N) is 5. The van der Waals surface area contributed by atoms with Gasteiger partial charge in [-0.1, -0.05) is 12.1 Å². The average molecular weight is 434 g/mol. The van der Waals surface area contributed by atoms with E-state index < -0.39 is 11.7 Å². The number of rotatable bonds is 6. The van der Waals surface area contributed by atoms with Gasteiger partial charge in [-0.15, -0.1) is 16.4 Å². The fourth-order valence-electron chi connectivity index (χ4n) is 3.79. The number of hydrogen-bond acceptors (Lipinski definition) is 6. The maximum absolute atomic E-state index is 12.7. The zero-order chi connectivity index (χ0) is 21.1. The third-order valence-corrected chi connectivity index (χ3v) is 6.14. The highest BCUT2D eigenvalue weighted by atomic mass is 32.1. The van der Waals surface area contributed by atoms with Crippen LogP contribution in [0.4, 0.5) is 19.0 Å². The largest absolute Gasteiger partial charge is 0.416 e. The number of halogens is 3. The van der Waals surface area contributed by atoms with Crippen LogP contribution in [0.15, 0.2) is 48.0 Å². The van der Waals surface area contributed by atoms with E-state index in [4.69, 9.17) is 0 Å².